The van der Waals surface area contributed by atoms with Crippen molar-refractivity contribution in [2.24, 2.45) is 0 Å². The average molecular weight is 419 g/mol. The van der Waals surface area contributed by atoms with E-state index >= 15 is 0 Å². The molecular formula is C19H19F2N5O4. The van der Waals surface area contributed by atoms with Crippen molar-refractivity contribution in [1.29, 1.82) is 0 Å². The molecule has 9 nitrogen and oxygen atoms in total. The highest BCUT2D eigenvalue weighted by Crippen LogP contribution is 2.22. The van der Waals surface area contributed by atoms with Gasteiger partial charge in [-0.15, -0.1) is 0 Å². The molecule has 0 saturated carbocycles. The Morgan fingerprint density at radius 1 is 1.20 bits per heavy atom. The fourth-order valence-electron chi connectivity index (χ4n) is 2.72. The fraction of sp³-hybridized carbons (Fsp3) is 0.263. The number of aryl methyl sites for hydroxylation is 2. The molecule has 158 valence electrons. The zero-order chi connectivity index (χ0) is 21.8. The Bertz CT molecular complexity index is 1090. The van der Waals surface area contributed by atoms with Crippen LogP contribution in [0.2, 0.25) is 0 Å². The van der Waals surface area contributed by atoms with E-state index < -0.39 is 23.5 Å². The molecule has 0 aliphatic heterocycles. The molecule has 0 spiro atoms. The number of carboxylic acids is 1. The monoisotopic (exact) mass is 419 g/mol. The maximum absolute atomic E-state index is 13.7. The van der Waals surface area contributed by atoms with Gasteiger partial charge in [-0.3, -0.25) is 14.3 Å². The lowest BCUT2D eigenvalue weighted by atomic mass is 10.3. The Hall–Kier alpha value is -3.76. The van der Waals surface area contributed by atoms with Crippen LogP contribution in [0.25, 0.3) is 0 Å². The van der Waals surface area contributed by atoms with Crippen molar-refractivity contribution in [1.82, 2.24) is 19.6 Å². The molecule has 0 aliphatic carbocycles. The number of carboxylic acid groups (broad SMARTS) is 1. The topological polar surface area (TPSA) is 111 Å². The van der Waals surface area contributed by atoms with Gasteiger partial charge in [0.05, 0.1) is 30.0 Å². The SMILES string of the molecule is Cc1nn(COc2ccc(F)cc2F)c(C)c1NC(=O)c1ccn(CCC(=O)O)n1. The summed E-state index contributed by atoms with van der Waals surface area (Å²) in [5.74, 6) is -3.11. The third-order valence-corrected chi connectivity index (χ3v) is 4.28. The van der Waals surface area contributed by atoms with E-state index in [1.54, 1.807) is 13.8 Å². The Balaban J connectivity index is 1.67. The summed E-state index contributed by atoms with van der Waals surface area (Å²) in [5, 5.41) is 19.7. The standard InChI is InChI=1S/C19H19F2N5O4/c1-11-18(22-19(29)15-5-7-25(24-15)8-6-17(27)28)12(2)26(23-11)10-30-16-4-3-13(20)9-14(16)21/h3-5,7,9H,6,8,10H2,1-2H3,(H,22,29)(H,27,28). The van der Waals surface area contributed by atoms with Gasteiger partial charge in [0.1, 0.15) is 5.82 Å². The third-order valence-electron chi connectivity index (χ3n) is 4.28. The summed E-state index contributed by atoms with van der Waals surface area (Å²) >= 11 is 0. The minimum absolute atomic E-state index is 0.109. The lowest BCUT2D eigenvalue weighted by Crippen LogP contribution is -2.15. The zero-order valence-corrected chi connectivity index (χ0v) is 16.2. The number of nitrogens with zero attached hydrogens (tertiary/aromatic N) is 4. The Labute approximate surface area is 169 Å². The van der Waals surface area contributed by atoms with Gasteiger partial charge in [-0.1, -0.05) is 0 Å². The van der Waals surface area contributed by atoms with E-state index in [9.17, 15) is 18.4 Å². The van der Waals surface area contributed by atoms with E-state index in [-0.39, 0.29) is 31.1 Å². The van der Waals surface area contributed by atoms with Gasteiger partial charge in [-0.2, -0.15) is 10.2 Å². The van der Waals surface area contributed by atoms with Crippen molar-refractivity contribution in [2.75, 3.05) is 5.32 Å². The fourth-order valence-corrected chi connectivity index (χ4v) is 2.72. The van der Waals surface area contributed by atoms with Gasteiger partial charge < -0.3 is 15.2 Å². The van der Waals surface area contributed by atoms with Crippen LogP contribution >= 0.6 is 0 Å². The van der Waals surface area contributed by atoms with Crippen LogP contribution in [0.3, 0.4) is 0 Å². The maximum Gasteiger partial charge on any atom is 0.305 e. The van der Waals surface area contributed by atoms with E-state index in [4.69, 9.17) is 9.84 Å². The van der Waals surface area contributed by atoms with Gasteiger partial charge >= 0.3 is 5.97 Å². The van der Waals surface area contributed by atoms with Gasteiger partial charge in [-0.25, -0.2) is 13.5 Å². The second kappa shape index (κ2) is 8.72. The molecule has 11 heteroatoms. The molecule has 3 rings (SSSR count). The number of rotatable bonds is 8. The number of benzene rings is 1. The van der Waals surface area contributed by atoms with Gasteiger partial charge in [0.15, 0.2) is 24.0 Å². The summed E-state index contributed by atoms with van der Waals surface area (Å²) in [7, 11) is 0. The second-order valence-electron chi connectivity index (χ2n) is 6.46. The summed E-state index contributed by atoms with van der Waals surface area (Å²) in [6, 6.07) is 4.46. The van der Waals surface area contributed by atoms with Crippen molar-refractivity contribution >= 4 is 17.6 Å². The highest BCUT2D eigenvalue weighted by atomic mass is 19.1. The van der Waals surface area contributed by atoms with Crippen LogP contribution in [0.15, 0.2) is 30.5 Å². The highest BCUT2D eigenvalue weighted by Gasteiger charge is 2.17. The summed E-state index contributed by atoms with van der Waals surface area (Å²) in [6.45, 7) is 3.39. The van der Waals surface area contributed by atoms with Crippen molar-refractivity contribution < 1.29 is 28.2 Å². The molecular weight excluding hydrogens is 400 g/mol. The molecule has 1 amide bonds. The van der Waals surface area contributed by atoms with Crippen LogP contribution in [-0.2, 0) is 18.1 Å². The Kier molecular flexibility index (Phi) is 6.09. The van der Waals surface area contributed by atoms with Crippen LogP contribution in [0.1, 0.15) is 28.3 Å². The number of hydrogen-bond acceptors (Lipinski definition) is 5. The average Bonchev–Trinajstić information content (AvgIpc) is 3.26. The molecule has 1 aromatic carbocycles. The van der Waals surface area contributed by atoms with Crippen LogP contribution in [0.5, 0.6) is 5.75 Å². The minimum atomic E-state index is -0.960. The first-order valence-electron chi connectivity index (χ1n) is 8.93. The molecule has 0 radical (unpaired) electrons. The number of carbonyl (C=O) groups excluding carboxylic acids is 1. The Morgan fingerprint density at radius 3 is 2.67 bits per heavy atom. The van der Waals surface area contributed by atoms with Gasteiger partial charge in [0, 0.05) is 12.3 Å². The number of nitrogens with one attached hydrogen (secondary N) is 1. The largest absolute Gasteiger partial charge is 0.481 e. The first kappa shape index (κ1) is 21.0. The van der Waals surface area contributed by atoms with Crippen molar-refractivity contribution in [3.05, 3.63) is 59.2 Å². The van der Waals surface area contributed by atoms with Gasteiger partial charge in [0.2, 0.25) is 0 Å². The quantitative estimate of drug-likeness (QED) is 0.581. The lowest BCUT2D eigenvalue weighted by molar-refractivity contribution is -0.137. The van der Waals surface area contributed by atoms with Crippen molar-refractivity contribution in [3.63, 3.8) is 0 Å². The van der Waals surface area contributed by atoms with E-state index in [0.29, 0.717) is 17.1 Å². The molecule has 2 N–H and O–H groups in total. The lowest BCUT2D eigenvalue weighted by Gasteiger charge is -2.09. The molecule has 2 aromatic heterocycles. The summed E-state index contributed by atoms with van der Waals surface area (Å²) in [6.07, 6.45) is 1.41. The number of halogens is 2. The number of carbonyl (C=O) groups is 2. The van der Waals surface area contributed by atoms with Crippen LogP contribution < -0.4 is 10.1 Å². The van der Waals surface area contributed by atoms with Crippen molar-refractivity contribution in [2.45, 2.75) is 33.5 Å². The number of ether oxygens (including phenoxy) is 1. The van der Waals surface area contributed by atoms with Gasteiger partial charge in [0.25, 0.3) is 5.91 Å². The van der Waals surface area contributed by atoms with E-state index in [2.05, 4.69) is 15.5 Å². The molecule has 0 aliphatic rings. The predicted molar refractivity (Wildman–Crippen MR) is 101 cm³/mol. The maximum atomic E-state index is 13.7. The normalized spacial score (nSPS) is 10.8. The summed E-state index contributed by atoms with van der Waals surface area (Å²) < 4.78 is 34.8. The third kappa shape index (κ3) is 4.80. The highest BCUT2D eigenvalue weighted by molar-refractivity contribution is 6.03. The Morgan fingerprint density at radius 2 is 1.97 bits per heavy atom. The molecule has 0 atom stereocenters. The van der Waals surface area contributed by atoms with Crippen LogP contribution in [-0.4, -0.2) is 36.5 Å². The van der Waals surface area contributed by atoms with E-state index in [1.165, 1.54) is 27.7 Å². The molecule has 3 aromatic rings. The first-order valence-corrected chi connectivity index (χ1v) is 8.93. The summed E-state index contributed by atoms with van der Waals surface area (Å²) in [5.41, 5.74) is 1.64. The number of aromatic nitrogens is 4. The molecule has 30 heavy (non-hydrogen) atoms. The van der Waals surface area contributed by atoms with E-state index in [0.717, 1.165) is 12.1 Å². The van der Waals surface area contributed by atoms with Crippen LogP contribution in [0.4, 0.5) is 14.5 Å². The number of hydrogen-bond donors (Lipinski definition) is 2. The minimum Gasteiger partial charge on any atom is -0.481 e. The van der Waals surface area contributed by atoms with Gasteiger partial charge in [-0.05, 0) is 32.0 Å². The number of amides is 1. The molecule has 0 unspecified atom stereocenters. The predicted octanol–water partition coefficient (Wildman–Crippen LogP) is 2.74. The van der Waals surface area contributed by atoms with E-state index in [1.807, 2.05) is 0 Å². The molecule has 2 heterocycles. The number of aliphatic carboxylic acids is 1. The molecule has 0 fully saturated rings. The van der Waals surface area contributed by atoms with Crippen LogP contribution in [0, 0.1) is 25.5 Å². The summed E-state index contributed by atoms with van der Waals surface area (Å²) in [4.78, 5) is 23.1. The smallest absolute Gasteiger partial charge is 0.305 e. The first-order chi connectivity index (χ1) is 14.2. The zero-order valence-electron chi connectivity index (χ0n) is 16.2. The number of anilines is 1. The molecule has 0 bridgehead atoms. The molecule has 0 saturated heterocycles. The second-order valence-corrected chi connectivity index (χ2v) is 6.46. The van der Waals surface area contributed by atoms with Crippen molar-refractivity contribution in [3.8, 4) is 5.75 Å².